The Kier molecular flexibility index (Phi) is 3.07. The molecule has 0 N–H and O–H groups in total. The van der Waals surface area contributed by atoms with Crippen LogP contribution in [0.1, 0.15) is 34.6 Å². The van der Waals surface area contributed by atoms with Crippen LogP contribution in [0.4, 0.5) is 0 Å². The Bertz CT molecular complexity index is 114. The summed E-state index contributed by atoms with van der Waals surface area (Å²) in [5.41, 5.74) is 0.141. The van der Waals surface area contributed by atoms with Crippen molar-refractivity contribution < 1.29 is 4.79 Å². The van der Waals surface area contributed by atoms with Crippen molar-refractivity contribution in [2.75, 3.05) is 0 Å². The topological polar surface area (TPSA) is 17.1 Å². The van der Waals surface area contributed by atoms with Crippen LogP contribution in [0.3, 0.4) is 0 Å². The zero-order chi connectivity index (χ0) is 8.36. The van der Waals surface area contributed by atoms with Crippen LogP contribution in [-0.2, 0) is 4.79 Å². The average Bonchev–Trinajstić information content (AvgIpc) is 1.86. The third kappa shape index (κ3) is 1.83. The van der Waals surface area contributed by atoms with Gasteiger partial charge in [-0.25, -0.2) is 0 Å². The molecule has 1 atom stereocenters. The molecular weight excluding hydrogens is 124 g/mol. The van der Waals surface area contributed by atoms with Gasteiger partial charge in [0.2, 0.25) is 0 Å². The first-order valence-electron chi connectivity index (χ1n) is 3.88. The van der Waals surface area contributed by atoms with Gasteiger partial charge in [0, 0.05) is 5.92 Å². The Hall–Kier alpha value is -0.330. The predicted molar refractivity (Wildman–Crippen MR) is 43.8 cm³/mol. The Balaban J connectivity index is 4.22. The number of hydrogen-bond acceptors (Lipinski definition) is 1. The lowest BCUT2D eigenvalue weighted by atomic mass is 9.72. The molecular formula is C9H18O. The summed E-state index contributed by atoms with van der Waals surface area (Å²) in [6.07, 6.45) is 1.04. The lowest BCUT2D eigenvalue weighted by Crippen LogP contribution is -2.28. The van der Waals surface area contributed by atoms with Gasteiger partial charge in [-0.15, -0.1) is 0 Å². The van der Waals surface area contributed by atoms with E-state index in [1.807, 2.05) is 6.92 Å². The molecule has 0 aromatic carbocycles. The van der Waals surface area contributed by atoms with E-state index in [4.69, 9.17) is 0 Å². The van der Waals surface area contributed by atoms with Crippen molar-refractivity contribution in [1.82, 2.24) is 0 Å². The molecule has 0 radical (unpaired) electrons. The summed E-state index contributed by atoms with van der Waals surface area (Å²) in [5, 5.41) is 0. The first-order chi connectivity index (χ1) is 4.42. The zero-order valence-corrected chi connectivity index (χ0v) is 7.64. The highest BCUT2D eigenvalue weighted by atomic mass is 16.1. The highest BCUT2D eigenvalue weighted by Crippen LogP contribution is 2.33. The number of aldehydes is 1. The quantitative estimate of drug-likeness (QED) is 0.553. The van der Waals surface area contributed by atoms with Crippen LogP contribution in [0.2, 0.25) is 0 Å². The molecule has 0 aliphatic rings. The van der Waals surface area contributed by atoms with Crippen LogP contribution in [-0.4, -0.2) is 6.29 Å². The lowest BCUT2D eigenvalue weighted by molar-refractivity contribution is -0.114. The van der Waals surface area contributed by atoms with Crippen molar-refractivity contribution in [3.63, 3.8) is 0 Å². The van der Waals surface area contributed by atoms with E-state index < -0.39 is 0 Å². The summed E-state index contributed by atoms with van der Waals surface area (Å²) in [6, 6.07) is 0. The summed E-state index contributed by atoms with van der Waals surface area (Å²) in [6.45, 7) is 10.6. The van der Waals surface area contributed by atoms with Gasteiger partial charge < -0.3 is 4.79 Å². The lowest BCUT2D eigenvalue weighted by Gasteiger charge is -2.32. The van der Waals surface area contributed by atoms with E-state index in [0.29, 0.717) is 5.92 Å². The standard InChI is InChI=1S/C9H18O/c1-7(2)9(4,5)8(3)6-10/h6-8H,1-5H3. The van der Waals surface area contributed by atoms with Gasteiger partial charge in [0.15, 0.2) is 0 Å². The molecule has 0 fully saturated rings. The second-order valence-electron chi connectivity index (χ2n) is 3.90. The first-order valence-corrected chi connectivity index (χ1v) is 3.88. The second kappa shape index (κ2) is 3.18. The van der Waals surface area contributed by atoms with Gasteiger partial charge in [0.1, 0.15) is 6.29 Å². The van der Waals surface area contributed by atoms with E-state index in [9.17, 15) is 4.79 Å². The van der Waals surface area contributed by atoms with Crippen LogP contribution in [0, 0.1) is 17.3 Å². The largest absolute Gasteiger partial charge is 0.303 e. The molecule has 0 saturated carbocycles. The highest BCUT2D eigenvalue weighted by Gasteiger charge is 2.28. The van der Waals surface area contributed by atoms with E-state index in [-0.39, 0.29) is 11.3 Å². The fourth-order valence-electron chi connectivity index (χ4n) is 0.701. The maximum absolute atomic E-state index is 10.5. The summed E-state index contributed by atoms with van der Waals surface area (Å²) in [4.78, 5) is 10.5. The maximum Gasteiger partial charge on any atom is 0.123 e. The van der Waals surface area contributed by atoms with Crippen molar-refractivity contribution in [3.05, 3.63) is 0 Å². The summed E-state index contributed by atoms with van der Waals surface area (Å²) in [7, 11) is 0. The van der Waals surface area contributed by atoms with E-state index in [1.165, 1.54) is 0 Å². The number of hydrogen-bond donors (Lipinski definition) is 0. The zero-order valence-electron chi connectivity index (χ0n) is 7.64. The average molecular weight is 142 g/mol. The van der Waals surface area contributed by atoms with Crippen molar-refractivity contribution in [3.8, 4) is 0 Å². The molecule has 1 nitrogen and oxygen atoms in total. The van der Waals surface area contributed by atoms with Gasteiger partial charge >= 0.3 is 0 Å². The van der Waals surface area contributed by atoms with E-state index in [2.05, 4.69) is 27.7 Å². The molecule has 1 unspecified atom stereocenters. The van der Waals surface area contributed by atoms with Crippen LogP contribution >= 0.6 is 0 Å². The third-order valence-electron chi connectivity index (χ3n) is 2.87. The molecule has 0 bridgehead atoms. The van der Waals surface area contributed by atoms with Gasteiger partial charge in [0.05, 0.1) is 0 Å². The fourth-order valence-corrected chi connectivity index (χ4v) is 0.701. The molecule has 0 aromatic rings. The molecule has 0 aromatic heterocycles. The third-order valence-corrected chi connectivity index (χ3v) is 2.87. The Morgan fingerprint density at radius 1 is 1.20 bits per heavy atom. The Labute approximate surface area is 63.8 Å². The summed E-state index contributed by atoms with van der Waals surface area (Å²) >= 11 is 0. The Morgan fingerprint density at radius 3 is 1.70 bits per heavy atom. The monoisotopic (exact) mass is 142 g/mol. The molecule has 0 aliphatic carbocycles. The van der Waals surface area contributed by atoms with Gasteiger partial charge in [-0.3, -0.25) is 0 Å². The molecule has 0 rings (SSSR count). The van der Waals surface area contributed by atoms with Gasteiger partial charge in [-0.05, 0) is 11.3 Å². The molecule has 1 heteroatoms. The van der Waals surface area contributed by atoms with Crippen molar-refractivity contribution in [1.29, 1.82) is 0 Å². The summed E-state index contributed by atoms with van der Waals surface area (Å²) in [5.74, 6) is 0.722. The number of rotatable bonds is 3. The minimum absolute atomic E-state index is 0.141. The number of carbonyl (C=O) groups excluding carboxylic acids is 1. The molecule has 0 aliphatic heterocycles. The van der Waals surface area contributed by atoms with Crippen molar-refractivity contribution in [2.24, 2.45) is 17.3 Å². The fraction of sp³-hybridized carbons (Fsp3) is 0.889. The van der Waals surface area contributed by atoms with E-state index >= 15 is 0 Å². The molecule has 0 amide bonds. The molecule has 60 valence electrons. The van der Waals surface area contributed by atoms with E-state index in [1.54, 1.807) is 0 Å². The predicted octanol–water partition coefficient (Wildman–Crippen LogP) is 2.50. The molecule has 0 spiro atoms. The first kappa shape index (κ1) is 9.67. The van der Waals surface area contributed by atoms with Crippen molar-refractivity contribution >= 4 is 6.29 Å². The van der Waals surface area contributed by atoms with Crippen LogP contribution < -0.4 is 0 Å². The Morgan fingerprint density at radius 2 is 1.60 bits per heavy atom. The maximum atomic E-state index is 10.5. The molecule has 10 heavy (non-hydrogen) atoms. The van der Waals surface area contributed by atoms with Gasteiger partial charge in [-0.1, -0.05) is 34.6 Å². The van der Waals surface area contributed by atoms with Gasteiger partial charge in [0.25, 0.3) is 0 Å². The van der Waals surface area contributed by atoms with Crippen LogP contribution in [0.15, 0.2) is 0 Å². The minimum Gasteiger partial charge on any atom is -0.303 e. The second-order valence-corrected chi connectivity index (χ2v) is 3.90. The smallest absolute Gasteiger partial charge is 0.123 e. The minimum atomic E-state index is 0.141. The highest BCUT2D eigenvalue weighted by molar-refractivity contribution is 5.54. The van der Waals surface area contributed by atoms with Crippen molar-refractivity contribution in [2.45, 2.75) is 34.6 Å². The van der Waals surface area contributed by atoms with E-state index in [0.717, 1.165) is 6.29 Å². The SMILES string of the molecule is CC(C)C(C)(C)C(C)C=O. The molecule has 0 saturated heterocycles. The van der Waals surface area contributed by atoms with Gasteiger partial charge in [-0.2, -0.15) is 0 Å². The number of carbonyl (C=O) groups is 1. The molecule has 0 heterocycles. The summed E-state index contributed by atoms with van der Waals surface area (Å²) < 4.78 is 0. The normalized spacial score (nSPS) is 15.4. The van der Waals surface area contributed by atoms with Crippen LogP contribution in [0.5, 0.6) is 0 Å². The van der Waals surface area contributed by atoms with Crippen LogP contribution in [0.25, 0.3) is 0 Å².